The number of carbonyl (C=O) groups is 1. The fraction of sp³-hybridized carbons (Fsp3) is 0.303. The van der Waals surface area contributed by atoms with Crippen LogP contribution in [0.25, 0.3) is 38.9 Å². The Balaban J connectivity index is 1.77. The smallest absolute Gasteiger partial charge is 0.246 e. The van der Waals surface area contributed by atoms with Crippen molar-refractivity contribution < 1.29 is 17.6 Å². The minimum Gasteiger partial charge on any atom is -0.366 e. The number of amides is 1. The normalized spacial score (nSPS) is 14.1. The minimum atomic E-state index is -3.97. The molecule has 6 rings (SSSR count). The molecule has 46 heavy (non-hydrogen) atoms. The Morgan fingerprint density at radius 2 is 1.80 bits per heavy atom. The van der Waals surface area contributed by atoms with Crippen molar-refractivity contribution in [1.29, 1.82) is 0 Å². The molecule has 0 spiro atoms. The van der Waals surface area contributed by atoms with Gasteiger partial charge in [0.25, 0.3) is 0 Å². The highest BCUT2D eigenvalue weighted by Gasteiger charge is 2.32. The highest BCUT2D eigenvalue weighted by Crippen LogP contribution is 2.41. The fourth-order valence-corrected chi connectivity index (χ4v) is 8.01. The van der Waals surface area contributed by atoms with Crippen LogP contribution >= 0.6 is 12.2 Å². The van der Waals surface area contributed by atoms with Gasteiger partial charge in [-0.05, 0) is 55.2 Å². The van der Waals surface area contributed by atoms with E-state index >= 15 is 4.39 Å². The summed E-state index contributed by atoms with van der Waals surface area (Å²) in [4.78, 5) is 25.4. The van der Waals surface area contributed by atoms with Crippen molar-refractivity contribution in [1.82, 2.24) is 29.6 Å². The van der Waals surface area contributed by atoms with Crippen molar-refractivity contribution in [3.05, 3.63) is 76.6 Å². The number of sulfone groups is 1. The summed E-state index contributed by atoms with van der Waals surface area (Å²) < 4.78 is 45.6. The Labute approximate surface area is 271 Å². The third kappa shape index (κ3) is 5.17. The van der Waals surface area contributed by atoms with Gasteiger partial charge in [-0.3, -0.25) is 19.4 Å². The SMILES string of the molecule is C=CC(=O)N1CCN(c2c(S(C)(=O)=O)c(=S)n(-c3c(C)ccnc3C(C)C)c3nc(-c4c(C)ccc5[nH]ncc45)c(F)cc23)CC1. The van der Waals surface area contributed by atoms with Gasteiger partial charge in [-0.2, -0.15) is 5.10 Å². The predicted molar refractivity (Wildman–Crippen MR) is 180 cm³/mol. The Morgan fingerprint density at radius 3 is 2.46 bits per heavy atom. The summed E-state index contributed by atoms with van der Waals surface area (Å²) in [6.07, 6.45) is 5.71. The van der Waals surface area contributed by atoms with Crippen LogP contribution in [-0.4, -0.2) is 76.4 Å². The lowest BCUT2D eigenvalue weighted by Gasteiger charge is -2.37. The monoisotopic (exact) mass is 659 g/mol. The number of fused-ring (bicyclic) bond motifs is 2. The van der Waals surface area contributed by atoms with Crippen LogP contribution in [0.4, 0.5) is 10.1 Å². The molecule has 1 aromatic carbocycles. The third-order valence-corrected chi connectivity index (χ3v) is 10.1. The van der Waals surface area contributed by atoms with Crippen molar-refractivity contribution in [3.8, 4) is 16.9 Å². The van der Waals surface area contributed by atoms with Gasteiger partial charge >= 0.3 is 0 Å². The van der Waals surface area contributed by atoms with E-state index in [9.17, 15) is 13.2 Å². The summed E-state index contributed by atoms with van der Waals surface area (Å²) in [6.45, 7) is 12.6. The molecule has 5 aromatic rings. The number of hydrogen-bond donors (Lipinski definition) is 1. The van der Waals surface area contributed by atoms with Crippen LogP contribution in [0.1, 0.15) is 36.6 Å². The first-order valence-electron chi connectivity index (χ1n) is 14.9. The van der Waals surface area contributed by atoms with Crippen LogP contribution in [0.5, 0.6) is 0 Å². The number of halogens is 1. The summed E-state index contributed by atoms with van der Waals surface area (Å²) >= 11 is 6.08. The summed E-state index contributed by atoms with van der Waals surface area (Å²) in [5.41, 5.74) is 4.86. The summed E-state index contributed by atoms with van der Waals surface area (Å²) in [7, 11) is -3.97. The zero-order chi connectivity index (χ0) is 33.1. The molecule has 1 saturated heterocycles. The molecule has 1 aliphatic heterocycles. The maximum Gasteiger partial charge on any atom is 0.246 e. The number of aromatic nitrogens is 5. The number of pyridine rings is 3. The van der Waals surface area contributed by atoms with Crippen molar-refractivity contribution in [2.75, 3.05) is 37.3 Å². The second-order valence-electron chi connectivity index (χ2n) is 11.9. The Morgan fingerprint density at radius 1 is 1.09 bits per heavy atom. The van der Waals surface area contributed by atoms with Crippen LogP contribution in [0.15, 0.2) is 54.2 Å². The molecule has 1 amide bonds. The molecule has 1 fully saturated rings. The number of rotatable bonds is 6. The van der Waals surface area contributed by atoms with E-state index in [1.54, 1.807) is 21.9 Å². The van der Waals surface area contributed by atoms with E-state index in [2.05, 4.69) is 21.8 Å². The lowest BCUT2D eigenvalue weighted by Crippen LogP contribution is -2.48. The van der Waals surface area contributed by atoms with Gasteiger partial charge in [0.1, 0.15) is 26.7 Å². The van der Waals surface area contributed by atoms with Gasteiger partial charge < -0.3 is 9.80 Å². The standard InChI is InChI=1S/C33H34FN7O3S2/c1-7-25(42)39-12-14-40(15-13-39)30-21-16-23(34)28(26-19(4)8-9-24-22(26)17-36-38-24)37-32(21)41(33(45)31(30)46(6,43)44)29-20(5)10-11-35-27(29)18(2)3/h7-11,16-18H,1,12-15H2,2-6H3,(H,36,38). The van der Waals surface area contributed by atoms with E-state index in [-0.39, 0.29) is 38.1 Å². The largest absolute Gasteiger partial charge is 0.366 e. The summed E-state index contributed by atoms with van der Waals surface area (Å²) in [5.74, 6) is -0.885. The quantitative estimate of drug-likeness (QED) is 0.179. The highest BCUT2D eigenvalue weighted by atomic mass is 32.2. The molecular formula is C33H34FN7O3S2. The molecule has 13 heteroatoms. The predicted octanol–water partition coefficient (Wildman–Crippen LogP) is 5.81. The number of piperazine rings is 1. The van der Waals surface area contributed by atoms with Crippen LogP contribution in [0, 0.1) is 24.3 Å². The van der Waals surface area contributed by atoms with Gasteiger partial charge in [-0.15, -0.1) is 0 Å². The molecule has 0 bridgehead atoms. The second kappa shape index (κ2) is 11.7. The van der Waals surface area contributed by atoms with Gasteiger partial charge in [0.15, 0.2) is 9.84 Å². The van der Waals surface area contributed by atoms with Crippen LogP contribution in [0.2, 0.25) is 0 Å². The van der Waals surface area contributed by atoms with E-state index in [1.165, 1.54) is 12.1 Å². The zero-order valence-corrected chi connectivity index (χ0v) is 27.9. The average molecular weight is 660 g/mol. The first-order valence-corrected chi connectivity index (χ1v) is 17.2. The molecule has 0 saturated carbocycles. The number of benzene rings is 1. The van der Waals surface area contributed by atoms with Gasteiger partial charge in [-0.1, -0.05) is 38.7 Å². The molecule has 1 N–H and O–H groups in total. The third-order valence-electron chi connectivity index (χ3n) is 8.48. The molecule has 0 atom stereocenters. The summed E-state index contributed by atoms with van der Waals surface area (Å²) in [6, 6.07) is 6.94. The molecule has 5 heterocycles. The van der Waals surface area contributed by atoms with Crippen molar-refractivity contribution >= 4 is 55.6 Å². The molecule has 4 aromatic heterocycles. The van der Waals surface area contributed by atoms with Crippen LogP contribution in [0.3, 0.4) is 0 Å². The fourth-order valence-electron chi connectivity index (χ4n) is 6.28. The van der Waals surface area contributed by atoms with Crippen LogP contribution in [-0.2, 0) is 14.6 Å². The van der Waals surface area contributed by atoms with E-state index in [0.717, 1.165) is 22.9 Å². The summed E-state index contributed by atoms with van der Waals surface area (Å²) in [5, 5.41) is 8.10. The first-order chi connectivity index (χ1) is 21.8. The van der Waals surface area contributed by atoms with Crippen molar-refractivity contribution in [3.63, 3.8) is 0 Å². The molecule has 1 aliphatic rings. The molecule has 0 aliphatic carbocycles. The Hall–Kier alpha value is -4.49. The highest BCUT2D eigenvalue weighted by molar-refractivity contribution is 7.91. The number of H-pyrrole nitrogens is 1. The zero-order valence-electron chi connectivity index (χ0n) is 26.3. The van der Waals surface area contributed by atoms with E-state index in [0.29, 0.717) is 54.2 Å². The Kier molecular flexibility index (Phi) is 8.01. The molecule has 0 radical (unpaired) electrons. The average Bonchev–Trinajstić information content (AvgIpc) is 3.49. The number of nitrogens with zero attached hydrogens (tertiary/aromatic N) is 6. The number of aromatic amines is 1. The molecule has 0 unspecified atom stereocenters. The van der Waals surface area contributed by atoms with E-state index in [1.807, 2.05) is 50.8 Å². The maximum atomic E-state index is 16.6. The minimum absolute atomic E-state index is 0.0240. The lowest BCUT2D eigenvalue weighted by molar-refractivity contribution is -0.126. The molecule has 10 nitrogen and oxygen atoms in total. The van der Waals surface area contributed by atoms with E-state index in [4.69, 9.17) is 17.2 Å². The van der Waals surface area contributed by atoms with Gasteiger partial charge in [0.05, 0.1) is 28.8 Å². The molecular weight excluding hydrogens is 626 g/mol. The van der Waals surface area contributed by atoms with E-state index < -0.39 is 15.7 Å². The van der Waals surface area contributed by atoms with Crippen LogP contribution < -0.4 is 4.90 Å². The second-order valence-corrected chi connectivity index (χ2v) is 14.2. The topological polar surface area (TPSA) is 117 Å². The molecule has 238 valence electrons. The lowest BCUT2D eigenvalue weighted by atomic mass is 9.99. The maximum absolute atomic E-state index is 16.6. The van der Waals surface area contributed by atoms with Crippen molar-refractivity contribution in [2.24, 2.45) is 0 Å². The van der Waals surface area contributed by atoms with Gasteiger partial charge in [0, 0.05) is 55.0 Å². The number of nitrogens with one attached hydrogen (secondary N) is 1. The van der Waals surface area contributed by atoms with Crippen molar-refractivity contribution in [2.45, 2.75) is 38.5 Å². The Bertz CT molecular complexity index is 2230. The van der Waals surface area contributed by atoms with Gasteiger partial charge in [0.2, 0.25) is 5.91 Å². The number of anilines is 1. The number of aryl methyl sites for hydroxylation is 2. The number of hydrogen-bond acceptors (Lipinski definition) is 8. The first kappa shape index (κ1) is 31.5. The van der Waals surface area contributed by atoms with Gasteiger partial charge in [-0.25, -0.2) is 17.8 Å². The number of carbonyl (C=O) groups excluding carboxylic acids is 1.